The number of likely N-dealkylation sites (tertiary alicyclic amines) is 1. The highest BCUT2D eigenvalue weighted by molar-refractivity contribution is 9.10. The molecule has 1 fully saturated rings. The summed E-state index contributed by atoms with van der Waals surface area (Å²) in [7, 11) is 0. The predicted octanol–water partition coefficient (Wildman–Crippen LogP) is 3.20. The number of halogens is 1. The normalized spacial score (nSPS) is 17.6. The molecule has 0 radical (unpaired) electrons. The van der Waals surface area contributed by atoms with E-state index in [0.717, 1.165) is 15.6 Å². The molecule has 4 nitrogen and oxygen atoms in total. The summed E-state index contributed by atoms with van der Waals surface area (Å²) in [5, 5.41) is 10.5. The first-order chi connectivity index (χ1) is 9.11. The molecule has 0 aromatic heterocycles. The molecular formula is C15H20BrNO3. The molecule has 1 saturated heterocycles. The van der Waals surface area contributed by atoms with Crippen molar-refractivity contribution in [2.24, 2.45) is 0 Å². The maximum Gasteiger partial charge on any atom is 0.410 e. The van der Waals surface area contributed by atoms with Gasteiger partial charge in [0.05, 0.1) is 13.1 Å². The minimum absolute atomic E-state index is 0.267. The Morgan fingerprint density at radius 2 is 2.00 bits per heavy atom. The second kappa shape index (κ2) is 5.04. The van der Waals surface area contributed by atoms with Crippen molar-refractivity contribution in [1.29, 1.82) is 0 Å². The Morgan fingerprint density at radius 1 is 1.40 bits per heavy atom. The Hall–Kier alpha value is -1.07. The molecule has 1 aromatic rings. The molecule has 110 valence electrons. The zero-order valence-electron chi connectivity index (χ0n) is 12.2. The fourth-order valence-corrected chi connectivity index (χ4v) is 2.40. The molecule has 1 aromatic carbocycles. The molecule has 0 bridgehead atoms. The molecular weight excluding hydrogens is 322 g/mol. The third-order valence-electron chi connectivity index (χ3n) is 3.25. The lowest BCUT2D eigenvalue weighted by Gasteiger charge is -2.46. The van der Waals surface area contributed by atoms with E-state index in [1.165, 1.54) is 4.90 Å². The number of nitrogens with zero attached hydrogens (tertiary/aromatic N) is 1. The topological polar surface area (TPSA) is 49.8 Å². The fraction of sp³-hybridized carbons (Fsp3) is 0.533. The maximum atomic E-state index is 11.9. The van der Waals surface area contributed by atoms with Crippen LogP contribution in [0.1, 0.15) is 31.9 Å². The quantitative estimate of drug-likeness (QED) is 0.853. The predicted molar refractivity (Wildman–Crippen MR) is 80.6 cm³/mol. The lowest BCUT2D eigenvalue weighted by molar-refractivity contribution is -0.103. The van der Waals surface area contributed by atoms with Gasteiger partial charge in [-0.25, -0.2) is 4.79 Å². The van der Waals surface area contributed by atoms with Gasteiger partial charge in [0, 0.05) is 4.47 Å². The number of β-amino-alcohol motifs (C(OH)–C–C–N with tert-alkyl or cyclic N) is 1. The van der Waals surface area contributed by atoms with E-state index in [1.807, 2.05) is 45.9 Å². The molecule has 1 N–H and O–H groups in total. The summed E-state index contributed by atoms with van der Waals surface area (Å²) in [4.78, 5) is 13.4. The Balaban J connectivity index is 2.03. The largest absolute Gasteiger partial charge is 0.444 e. The average molecular weight is 342 g/mol. The van der Waals surface area contributed by atoms with Crippen LogP contribution in [0, 0.1) is 6.92 Å². The van der Waals surface area contributed by atoms with Gasteiger partial charge in [0.15, 0.2) is 0 Å². The van der Waals surface area contributed by atoms with Crippen molar-refractivity contribution < 1.29 is 14.6 Å². The fourth-order valence-electron chi connectivity index (χ4n) is 2.16. The monoisotopic (exact) mass is 341 g/mol. The van der Waals surface area contributed by atoms with Crippen molar-refractivity contribution in [3.05, 3.63) is 33.8 Å². The van der Waals surface area contributed by atoms with E-state index in [0.29, 0.717) is 0 Å². The Kier molecular flexibility index (Phi) is 3.86. The van der Waals surface area contributed by atoms with Crippen molar-refractivity contribution in [1.82, 2.24) is 4.90 Å². The van der Waals surface area contributed by atoms with Crippen LogP contribution in [0.2, 0.25) is 0 Å². The molecule has 1 heterocycles. The molecule has 1 aliphatic rings. The first kappa shape index (κ1) is 15.3. The van der Waals surface area contributed by atoms with Crippen molar-refractivity contribution in [2.75, 3.05) is 13.1 Å². The van der Waals surface area contributed by atoms with E-state index >= 15 is 0 Å². The van der Waals surface area contributed by atoms with Gasteiger partial charge >= 0.3 is 6.09 Å². The van der Waals surface area contributed by atoms with E-state index in [-0.39, 0.29) is 19.2 Å². The van der Waals surface area contributed by atoms with Gasteiger partial charge in [-0.05, 0) is 44.9 Å². The first-order valence-corrected chi connectivity index (χ1v) is 7.37. The van der Waals surface area contributed by atoms with E-state index in [9.17, 15) is 9.90 Å². The number of carbonyl (C=O) groups is 1. The number of ether oxygens (including phenoxy) is 1. The molecule has 0 aliphatic carbocycles. The van der Waals surface area contributed by atoms with Crippen LogP contribution in [0.5, 0.6) is 0 Å². The van der Waals surface area contributed by atoms with Gasteiger partial charge in [-0.2, -0.15) is 0 Å². The molecule has 1 amide bonds. The number of carbonyl (C=O) groups excluding carboxylic acids is 1. The molecule has 0 unspecified atom stereocenters. The zero-order valence-corrected chi connectivity index (χ0v) is 13.8. The van der Waals surface area contributed by atoms with Crippen LogP contribution in [0.25, 0.3) is 0 Å². The van der Waals surface area contributed by atoms with Gasteiger partial charge in [0.1, 0.15) is 11.2 Å². The van der Waals surface area contributed by atoms with E-state index in [4.69, 9.17) is 4.74 Å². The third-order valence-corrected chi connectivity index (χ3v) is 4.14. The molecule has 20 heavy (non-hydrogen) atoms. The van der Waals surface area contributed by atoms with E-state index < -0.39 is 11.2 Å². The zero-order chi connectivity index (χ0) is 15.1. The van der Waals surface area contributed by atoms with Crippen molar-refractivity contribution in [3.8, 4) is 0 Å². The molecule has 0 atom stereocenters. The van der Waals surface area contributed by atoms with Crippen LogP contribution in [0.15, 0.2) is 22.7 Å². The summed E-state index contributed by atoms with van der Waals surface area (Å²) in [6, 6.07) is 5.73. The SMILES string of the molecule is Cc1cc(C2(O)CN(C(=O)OC(C)(C)C)C2)ccc1Br. The molecule has 0 saturated carbocycles. The summed E-state index contributed by atoms with van der Waals surface area (Å²) in [5.41, 5.74) is 0.408. The molecule has 0 spiro atoms. The van der Waals surface area contributed by atoms with Crippen LogP contribution in [-0.2, 0) is 10.3 Å². The summed E-state index contributed by atoms with van der Waals surface area (Å²) in [5.74, 6) is 0. The van der Waals surface area contributed by atoms with Gasteiger partial charge in [-0.3, -0.25) is 0 Å². The lowest BCUT2D eigenvalue weighted by atomic mass is 9.86. The number of rotatable bonds is 1. The molecule has 1 aliphatic heterocycles. The maximum absolute atomic E-state index is 11.9. The highest BCUT2D eigenvalue weighted by Crippen LogP contribution is 2.34. The van der Waals surface area contributed by atoms with Crippen molar-refractivity contribution in [3.63, 3.8) is 0 Å². The van der Waals surface area contributed by atoms with Gasteiger partial charge in [0.2, 0.25) is 0 Å². The van der Waals surface area contributed by atoms with Crippen molar-refractivity contribution in [2.45, 2.75) is 38.9 Å². The molecule has 2 rings (SSSR count). The van der Waals surface area contributed by atoms with Crippen LogP contribution < -0.4 is 0 Å². The summed E-state index contributed by atoms with van der Waals surface area (Å²) >= 11 is 3.44. The smallest absolute Gasteiger partial charge is 0.410 e. The van der Waals surface area contributed by atoms with Crippen LogP contribution >= 0.6 is 15.9 Å². The summed E-state index contributed by atoms with van der Waals surface area (Å²) in [6.45, 7) is 7.99. The summed E-state index contributed by atoms with van der Waals surface area (Å²) in [6.07, 6.45) is -0.379. The Labute approximate surface area is 127 Å². The lowest BCUT2D eigenvalue weighted by Crippen LogP contribution is -2.61. The highest BCUT2D eigenvalue weighted by atomic mass is 79.9. The van der Waals surface area contributed by atoms with Gasteiger partial charge < -0.3 is 14.7 Å². The third kappa shape index (κ3) is 3.15. The van der Waals surface area contributed by atoms with Crippen LogP contribution in [0.3, 0.4) is 0 Å². The number of benzene rings is 1. The molecule has 5 heteroatoms. The van der Waals surface area contributed by atoms with Gasteiger partial charge in [-0.1, -0.05) is 28.1 Å². The van der Waals surface area contributed by atoms with E-state index in [2.05, 4.69) is 15.9 Å². The number of amides is 1. The van der Waals surface area contributed by atoms with E-state index in [1.54, 1.807) is 0 Å². The van der Waals surface area contributed by atoms with Gasteiger partial charge in [-0.15, -0.1) is 0 Å². The first-order valence-electron chi connectivity index (χ1n) is 6.58. The average Bonchev–Trinajstić information content (AvgIpc) is 2.26. The highest BCUT2D eigenvalue weighted by Gasteiger charge is 2.46. The van der Waals surface area contributed by atoms with Crippen LogP contribution in [0.4, 0.5) is 4.79 Å². The Morgan fingerprint density at radius 3 is 2.50 bits per heavy atom. The number of hydrogen-bond donors (Lipinski definition) is 1. The standard InChI is InChI=1S/C15H20BrNO3/c1-10-7-11(5-6-12(10)16)15(19)8-17(9-15)13(18)20-14(2,3)4/h5-7,19H,8-9H2,1-4H3. The Bertz CT molecular complexity index is 530. The minimum Gasteiger partial charge on any atom is -0.444 e. The van der Waals surface area contributed by atoms with Crippen LogP contribution in [-0.4, -0.2) is 34.8 Å². The minimum atomic E-state index is -0.970. The van der Waals surface area contributed by atoms with Gasteiger partial charge in [0.25, 0.3) is 0 Å². The second-order valence-electron chi connectivity index (χ2n) is 6.33. The number of aliphatic hydroxyl groups is 1. The summed E-state index contributed by atoms with van der Waals surface area (Å²) < 4.78 is 6.29. The number of aryl methyl sites for hydroxylation is 1. The second-order valence-corrected chi connectivity index (χ2v) is 7.19. The number of hydrogen-bond acceptors (Lipinski definition) is 3. The van der Waals surface area contributed by atoms with Crippen molar-refractivity contribution >= 4 is 22.0 Å².